The van der Waals surface area contributed by atoms with Gasteiger partial charge in [0.25, 0.3) is 0 Å². The zero-order valence-electron chi connectivity index (χ0n) is 11.0. The van der Waals surface area contributed by atoms with E-state index in [9.17, 15) is 5.11 Å². The van der Waals surface area contributed by atoms with Gasteiger partial charge in [0.05, 0.1) is 6.10 Å². The SMILES string of the molecule is O[C@H](c1ccccc1)[C@@H]1CCN2CCCC[C@H]2C1. The fourth-order valence-corrected chi connectivity index (χ4v) is 3.63. The number of hydrogen-bond donors (Lipinski definition) is 1. The molecule has 2 aliphatic heterocycles. The fourth-order valence-electron chi connectivity index (χ4n) is 3.63. The van der Waals surface area contributed by atoms with Gasteiger partial charge in [0.2, 0.25) is 0 Å². The van der Waals surface area contributed by atoms with Crippen LogP contribution in [0.3, 0.4) is 0 Å². The van der Waals surface area contributed by atoms with Crippen molar-refractivity contribution >= 4 is 0 Å². The molecule has 3 rings (SSSR count). The molecule has 0 unspecified atom stereocenters. The lowest BCUT2D eigenvalue weighted by Crippen LogP contribution is -2.46. The zero-order valence-corrected chi connectivity index (χ0v) is 11.0. The van der Waals surface area contributed by atoms with Crippen molar-refractivity contribution < 1.29 is 5.11 Å². The highest BCUT2D eigenvalue weighted by atomic mass is 16.3. The zero-order chi connectivity index (χ0) is 12.4. The fraction of sp³-hybridized carbons (Fsp3) is 0.625. The monoisotopic (exact) mass is 245 g/mol. The van der Waals surface area contributed by atoms with Gasteiger partial charge in [-0.1, -0.05) is 36.8 Å². The van der Waals surface area contributed by atoms with Crippen LogP contribution < -0.4 is 0 Å². The molecule has 0 radical (unpaired) electrons. The molecule has 0 aliphatic carbocycles. The summed E-state index contributed by atoms with van der Waals surface area (Å²) in [5.74, 6) is 0.451. The van der Waals surface area contributed by atoms with Crippen LogP contribution in [0.15, 0.2) is 30.3 Å². The number of aliphatic hydroxyl groups excluding tert-OH is 1. The lowest BCUT2D eigenvalue weighted by atomic mass is 9.81. The first-order valence-corrected chi connectivity index (χ1v) is 7.31. The van der Waals surface area contributed by atoms with Gasteiger partial charge in [-0.3, -0.25) is 0 Å². The molecule has 98 valence electrons. The molecular weight excluding hydrogens is 222 g/mol. The Bertz CT molecular complexity index is 378. The molecule has 1 N–H and O–H groups in total. The molecule has 2 heterocycles. The molecule has 3 atom stereocenters. The molecule has 0 aromatic heterocycles. The average molecular weight is 245 g/mol. The summed E-state index contributed by atoms with van der Waals surface area (Å²) in [7, 11) is 0. The lowest BCUT2D eigenvalue weighted by molar-refractivity contribution is 0.0155. The molecule has 2 saturated heterocycles. The van der Waals surface area contributed by atoms with E-state index in [1.807, 2.05) is 18.2 Å². The van der Waals surface area contributed by atoms with E-state index in [0.29, 0.717) is 5.92 Å². The predicted molar refractivity (Wildman–Crippen MR) is 73.3 cm³/mol. The van der Waals surface area contributed by atoms with Crippen molar-refractivity contribution in [3.8, 4) is 0 Å². The topological polar surface area (TPSA) is 23.5 Å². The Morgan fingerprint density at radius 3 is 2.72 bits per heavy atom. The summed E-state index contributed by atoms with van der Waals surface area (Å²) in [6.07, 6.45) is 6.12. The van der Waals surface area contributed by atoms with Crippen molar-refractivity contribution in [1.82, 2.24) is 4.90 Å². The van der Waals surface area contributed by atoms with E-state index in [-0.39, 0.29) is 6.10 Å². The van der Waals surface area contributed by atoms with Gasteiger partial charge in [0, 0.05) is 6.04 Å². The highest BCUT2D eigenvalue weighted by Gasteiger charge is 2.33. The summed E-state index contributed by atoms with van der Waals surface area (Å²) >= 11 is 0. The molecular formula is C16H23NO. The average Bonchev–Trinajstić information content (AvgIpc) is 2.47. The third-order valence-electron chi connectivity index (χ3n) is 4.70. The van der Waals surface area contributed by atoms with E-state index in [2.05, 4.69) is 17.0 Å². The second-order valence-electron chi connectivity index (χ2n) is 5.83. The summed E-state index contributed by atoms with van der Waals surface area (Å²) in [4.78, 5) is 2.64. The second kappa shape index (κ2) is 5.41. The van der Waals surface area contributed by atoms with Crippen molar-refractivity contribution in [2.75, 3.05) is 13.1 Å². The second-order valence-corrected chi connectivity index (χ2v) is 5.83. The van der Waals surface area contributed by atoms with Crippen molar-refractivity contribution in [2.24, 2.45) is 5.92 Å². The van der Waals surface area contributed by atoms with E-state index >= 15 is 0 Å². The molecule has 2 nitrogen and oxygen atoms in total. The molecule has 18 heavy (non-hydrogen) atoms. The number of benzene rings is 1. The maximum absolute atomic E-state index is 10.5. The summed E-state index contributed by atoms with van der Waals surface area (Å²) in [5.41, 5.74) is 1.09. The Hall–Kier alpha value is -0.860. The van der Waals surface area contributed by atoms with Gasteiger partial charge in [0.1, 0.15) is 0 Å². The molecule has 2 fully saturated rings. The lowest BCUT2D eigenvalue weighted by Gasteiger charge is -2.43. The standard InChI is InChI=1S/C16H23NO/c18-16(13-6-2-1-3-7-13)14-9-11-17-10-5-4-8-15(17)12-14/h1-3,6-7,14-16,18H,4-5,8-12H2/t14-,15+,16-/m1/s1. The Morgan fingerprint density at radius 2 is 1.89 bits per heavy atom. The Kier molecular flexibility index (Phi) is 3.67. The van der Waals surface area contributed by atoms with Crippen LogP contribution in [0.5, 0.6) is 0 Å². The Morgan fingerprint density at radius 1 is 1.06 bits per heavy atom. The largest absolute Gasteiger partial charge is 0.388 e. The van der Waals surface area contributed by atoms with Crippen LogP contribution in [0.4, 0.5) is 0 Å². The van der Waals surface area contributed by atoms with Gasteiger partial charge in [-0.15, -0.1) is 0 Å². The van der Waals surface area contributed by atoms with Crippen molar-refractivity contribution in [3.63, 3.8) is 0 Å². The first-order chi connectivity index (χ1) is 8.84. The van der Waals surface area contributed by atoms with Crippen LogP contribution in [0.25, 0.3) is 0 Å². The van der Waals surface area contributed by atoms with Crippen LogP contribution in [-0.2, 0) is 0 Å². The normalized spacial score (nSPS) is 30.7. The molecule has 1 aromatic rings. The first kappa shape index (κ1) is 12.2. The van der Waals surface area contributed by atoms with Crippen molar-refractivity contribution in [3.05, 3.63) is 35.9 Å². The van der Waals surface area contributed by atoms with Gasteiger partial charge in [0.15, 0.2) is 0 Å². The Balaban J connectivity index is 1.67. The minimum absolute atomic E-state index is 0.268. The van der Waals surface area contributed by atoms with E-state index in [4.69, 9.17) is 0 Å². The smallest absolute Gasteiger partial charge is 0.0819 e. The van der Waals surface area contributed by atoms with Gasteiger partial charge in [-0.05, 0) is 50.3 Å². The molecule has 0 saturated carbocycles. The molecule has 0 spiro atoms. The third-order valence-corrected chi connectivity index (χ3v) is 4.70. The van der Waals surface area contributed by atoms with E-state index in [0.717, 1.165) is 18.0 Å². The highest BCUT2D eigenvalue weighted by Crippen LogP contribution is 2.36. The summed E-state index contributed by atoms with van der Waals surface area (Å²) in [6, 6.07) is 10.9. The van der Waals surface area contributed by atoms with Crippen molar-refractivity contribution in [2.45, 2.75) is 44.2 Å². The van der Waals surface area contributed by atoms with Crippen molar-refractivity contribution in [1.29, 1.82) is 0 Å². The maximum Gasteiger partial charge on any atom is 0.0819 e. The number of nitrogens with zero attached hydrogens (tertiary/aromatic N) is 1. The Labute approximate surface area is 110 Å². The van der Waals surface area contributed by atoms with Crippen LogP contribution >= 0.6 is 0 Å². The molecule has 0 amide bonds. The van der Waals surface area contributed by atoms with Crippen LogP contribution in [-0.4, -0.2) is 29.1 Å². The van der Waals surface area contributed by atoms with Crippen LogP contribution in [0.1, 0.15) is 43.8 Å². The van der Waals surface area contributed by atoms with E-state index in [1.54, 1.807) is 0 Å². The minimum atomic E-state index is -0.268. The summed E-state index contributed by atoms with van der Waals surface area (Å²) < 4.78 is 0. The highest BCUT2D eigenvalue weighted by molar-refractivity contribution is 5.18. The molecule has 1 aromatic carbocycles. The van der Waals surface area contributed by atoms with E-state index in [1.165, 1.54) is 38.8 Å². The third kappa shape index (κ3) is 2.45. The molecule has 0 bridgehead atoms. The number of hydrogen-bond acceptors (Lipinski definition) is 2. The number of rotatable bonds is 2. The quantitative estimate of drug-likeness (QED) is 0.866. The van der Waals surface area contributed by atoms with Gasteiger partial charge in [-0.2, -0.15) is 0 Å². The van der Waals surface area contributed by atoms with Crippen LogP contribution in [0.2, 0.25) is 0 Å². The van der Waals surface area contributed by atoms with Gasteiger partial charge < -0.3 is 10.0 Å². The van der Waals surface area contributed by atoms with Crippen LogP contribution in [0, 0.1) is 5.92 Å². The summed E-state index contributed by atoms with van der Waals surface area (Å²) in [6.45, 7) is 2.46. The summed E-state index contributed by atoms with van der Waals surface area (Å²) in [5, 5.41) is 10.5. The number of fused-ring (bicyclic) bond motifs is 1. The maximum atomic E-state index is 10.5. The number of aliphatic hydroxyl groups is 1. The molecule has 2 heteroatoms. The molecule has 2 aliphatic rings. The first-order valence-electron chi connectivity index (χ1n) is 7.31. The van der Waals surface area contributed by atoms with E-state index < -0.39 is 0 Å². The van der Waals surface area contributed by atoms with Gasteiger partial charge in [-0.25, -0.2) is 0 Å². The minimum Gasteiger partial charge on any atom is -0.388 e. The predicted octanol–water partition coefficient (Wildman–Crippen LogP) is 2.98. The van der Waals surface area contributed by atoms with Gasteiger partial charge >= 0.3 is 0 Å². The number of piperidine rings is 2.